The molecule has 0 fully saturated rings. The van der Waals surface area contributed by atoms with E-state index in [-0.39, 0.29) is 5.97 Å². The molecule has 7 heteroatoms. The van der Waals surface area contributed by atoms with E-state index < -0.39 is 0 Å². The largest absolute Gasteiger partial charge is 0.461 e. The van der Waals surface area contributed by atoms with Crippen molar-refractivity contribution in [2.75, 3.05) is 33.4 Å². The molecule has 0 amide bonds. The molecule has 144 valence electrons. The first-order valence-corrected chi connectivity index (χ1v) is 8.73. The number of ether oxygens (including phenoxy) is 1. The van der Waals surface area contributed by atoms with E-state index in [1.807, 2.05) is 6.07 Å². The summed E-state index contributed by atoms with van der Waals surface area (Å²) in [5.74, 6) is -0.341. The van der Waals surface area contributed by atoms with Crippen LogP contribution in [0, 0.1) is 11.3 Å². The molecule has 1 aromatic rings. The van der Waals surface area contributed by atoms with Gasteiger partial charge in [-0.1, -0.05) is 13.8 Å². The summed E-state index contributed by atoms with van der Waals surface area (Å²) in [6.07, 6.45) is 6.24. The number of rotatable bonds is 11. The summed E-state index contributed by atoms with van der Waals surface area (Å²) in [6.45, 7) is 7.12. The fourth-order valence-electron chi connectivity index (χ4n) is 2.09. The second kappa shape index (κ2) is 13.3. The molecule has 0 bridgehead atoms. The highest BCUT2D eigenvalue weighted by Crippen LogP contribution is 2.13. The van der Waals surface area contributed by atoms with Gasteiger partial charge in [0.25, 0.3) is 0 Å². The third-order valence-electron chi connectivity index (χ3n) is 3.68. The first kappa shape index (κ1) is 22.1. The normalized spacial score (nSPS) is 11.9. The zero-order valence-electron chi connectivity index (χ0n) is 16.0. The molecule has 0 aromatic heterocycles. The molecule has 0 aliphatic rings. The summed E-state index contributed by atoms with van der Waals surface area (Å²) >= 11 is 0. The van der Waals surface area contributed by atoms with Gasteiger partial charge in [0, 0.05) is 19.0 Å². The maximum absolute atomic E-state index is 12.0. The SMILES string of the molecule is CCN(CC)CCOC(=O)c1ccc(N=C/C=C/C(C#N)=C/NOC)cc1. The second-order valence-electron chi connectivity index (χ2n) is 5.38. The summed E-state index contributed by atoms with van der Waals surface area (Å²) in [6, 6.07) is 8.83. The number of carbonyl (C=O) groups is 1. The number of allylic oxidation sites excluding steroid dienone is 3. The van der Waals surface area contributed by atoms with Crippen LogP contribution in [0.3, 0.4) is 0 Å². The van der Waals surface area contributed by atoms with Crippen molar-refractivity contribution in [2.24, 2.45) is 4.99 Å². The van der Waals surface area contributed by atoms with Gasteiger partial charge in [-0.2, -0.15) is 5.26 Å². The number of carbonyl (C=O) groups excluding carboxylic acids is 1. The Balaban J connectivity index is 2.53. The predicted molar refractivity (Wildman–Crippen MR) is 106 cm³/mol. The van der Waals surface area contributed by atoms with E-state index >= 15 is 0 Å². The molecule has 0 saturated carbocycles. The number of hydroxylamine groups is 1. The Bertz CT molecular complexity index is 699. The summed E-state index contributed by atoms with van der Waals surface area (Å²) in [7, 11) is 1.46. The quantitative estimate of drug-likeness (QED) is 0.212. The summed E-state index contributed by atoms with van der Waals surface area (Å²) < 4.78 is 5.29. The molecule has 0 aliphatic carbocycles. The molecule has 0 spiro atoms. The first-order chi connectivity index (χ1) is 13.1. The van der Waals surface area contributed by atoms with Crippen molar-refractivity contribution in [2.45, 2.75) is 13.8 Å². The number of benzene rings is 1. The number of nitriles is 1. The van der Waals surface area contributed by atoms with Crippen LogP contribution in [0.5, 0.6) is 0 Å². The van der Waals surface area contributed by atoms with Gasteiger partial charge in [-0.25, -0.2) is 4.79 Å². The maximum atomic E-state index is 12.0. The lowest BCUT2D eigenvalue weighted by Crippen LogP contribution is -2.27. The standard InChI is InChI=1S/C20H26N4O3/c1-4-24(5-2)13-14-27-20(25)18-8-10-19(11-9-18)22-12-6-7-17(15-21)16-23-26-3/h6-12,16,23H,4-5,13-14H2,1-3H3/b7-6+,17-16-,22-12?. The lowest BCUT2D eigenvalue weighted by atomic mass is 10.2. The third-order valence-corrected chi connectivity index (χ3v) is 3.68. The van der Waals surface area contributed by atoms with E-state index in [0.717, 1.165) is 19.6 Å². The second-order valence-corrected chi connectivity index (χ2v) is 5.38. The Morgan fingerprint density at radius 1 is 1.30 bits per heavy atom. The van der Waals surface area contributed by atoms with Crippen molar-refractivity contribution >= 4 is 17.9 Å². The third kappa shape index (κ3) is 8.81. The molecule has 7 nitrogen and oxygen atoms in total. The van der Waals surface area contributed by atoms with Crippen molar-refractivity contribution in [3.8, 4) is 6.07 Å². The number of likely N-dealkylation sites (N-methyl/N-ethyl adjacent to an activating group) is 1. The van der Waals surface area contributed by atoms with E-state index in [9.17, 15) is 4.79 Å². The Hall–Kier alpha value is -2.95. The van der Waals surface area contributed by atoms with E-state index in [4.69, 9.17) is 10.00 Å². The number of nitrogens with one attached hydrogen (secondary N) is 1. The number of nitrogens with zero attached hydrogens (tertiary/aromatic N) is 3. The number of hydrogen-bond acceptors (Lipinski definition) is 7. The zero-order valence-corrected chi connectivity index (χ0v) is 16.0. The van der Waals surface area contributed by atoms with Gasteiger partial charge in [0.1, 0.15) is 12.7 Å². The molecule has 1 aromatic carbocycles. The van der Waals surface area contributed by atoms with Gasteiger partial charge in [-0.05, 0) is 49.5 Å². The molecule has 0 heterocycles. The van der Waals surface area contributed by atoms with Crippen LogP contribution in [0.2, 0.25) is 0 Å². The Labute approximate surface area is 160 Å². The zero-order chi connectivity index (χ0) is 19.9. The van der Waals surface area contributed by atoms with Crippen molar-refractivity contribution in [3.63, 3.8) is 0 Å². The maximum Gasteiger partial charge on any atom is 0.338 e. The van der Waals surface area contributed by atoms with Gasteiger partial charge in [0.15, 0.2) is 0 Å². The first-order valence-electron chi connectivity index (χ1n) is 8.73. The molecule has 0 saturated heterocycles. The van der Waals surface area contributed by atoms with Gasteiger partial charge in [-0.3, -0.25) is 15.3 Å². The average Bonchev–Trinajstić information content (AvgIpc) is 2.71. The van der Waals surface area contributed by atoms with E-state index in [0.29, 0.717) is 23.4 Å². The van der Waals surface area contributed by atoms with Crippen molar-refractivity contribution in [3.05, 3.63) is 53.8 Å². The minimum Gasteiger partial charge on any atom is -0.461 e. The van der Waals surface area contributed by atoms with E-state index in [1.54, 1.807) is 42.6 Å². The molecule has 1 N–H and O–H groups in total. The van der Waals surface area contributed by atoms with Crippen LogP contribution in [0.4, 0.5) is 5.69 Å². The molecular formula is C20H26N4O3. The topological polar surface area (TPSA) is 87.0 Å². The van der Waals surface area contributed by atoms with Gasteiger partial charge >= 0.3 is 5.97 Å². The van der Waals surface area contributed by atoms with Crippen LogP contribution in [0.1, 0.15) is 24.2 Å². The van der Waals surface area contributed by atoms with Crippen LogP contribution in [-0.2, 0) is 9.57 Å². The average molecular weight is 370 g/mol. The van der Waals surface area contributed by atoms with Crippen molar-refractivity contribution in [1.29, 1.82) is 5.26 Å². The minimum atomic E-state index is -0.341. The summed E-state index contributed by atoms with van der Waals surface area (Å²) in [5, 5.41) is 8.92. The lowest BCUT2D eigenvalue weighted by Gasteiger charge is -2.17. The van der Waals surface area contributed by atoms with Gasteiger partial charge in [-0.15, -0.1) is 0 Å². The lowest BCUT2D eigenvalue weighted by molar-refractivity contribution is 0.0466. The van der Waals surface area contributed by atoms with Crippen molar-refractivity contribution < 1.29 is 14.4 Å². The smallest absolute Gasteiger partial charge is 0.338 e. The van der Waals surface area contributed by atoms with Crippen LogP contribution in [0.15, 0.2) is 53.2 Å². The highest BCUT2D eigenvalue weighted by molar-refractivity contribution is 5.89. The van der Waals surface area contributed by atoms with Crippen LogP contribution in [0.25, 0.3) is 0 Å². The predicted octanol–water partition coefficient (Wildman–Crippen LogP) is 3.00. The highest BCUT2D eigenvalue weighted by atomic mass is 16.6. The van der Waals surface area contributed by atoms with Gasteiger partial charge in [0.2, 0.25) is 0 Å². The molecule has 27 heavy (non-hydrogen) atoms. The van der Waals surface area contributed by atoms with Crippen LogP contribution in [-0.4, -0.2) is 50.4 Å². The highest BCUT2D eigenvalue weighted by Gasteiger charge is 2.07. The van der Waals surface area contributed by atoms with Crippen LogP contribution < -0.4 is 5.48 Å². The van der Waals surface area contributed by atoms with E-state index in [2.05, 4.69) is 34.1 Å². The molecule has 0 radical (unpaired) electrons. The Morgan fingerprint density at radius 2 is 2.00 bits per heavy atom. The number of hydrogen-bond donors (Lipinski definition) is 1. The van der Waals surface area contributed by atoms with Gasteiger partial charge in [0.05, 0.1) is 23.9 Å². The molecule has 1 rings (SSSR count). The monoisotopic (exact) mass is 370 g/mol. The Morgan fingerprint density at radius 3 is 2.59 bits per heavy atom. The fraction of sp³-hybridized carbons (Fsp3) is 0.350. The molecule has 0 aliphatic heterocycles. The summed E-state index contributed by atoms with van der Waals surface area (Å²) in [4.78, 5) is 23.1. The van der Waals surface area contributed by atoms with E-state index in [1.165, 1.54) is 13.3 Å². The van der Waals surface area contributed by atoms with Crippen molar-refractivity contribution in [1.82, 2.24) is 10.4 Å². The molecular weight excluding hydrogens is 344 g/mol. The molecule has 0 unspecified atom stereocenters. The molecule has 0 atom stereocenters. The number of aliphatic imine (C=N–C) groups is 1. The Kier molecular flexibility index (Phi) is 10.9. The minimum absolute atomic E-state index is 0.341. The fourth-order valence-corrected chi connectivity index (χ4v) is 2.09. The number of esters is 1. The summed E-state index contributed by atoms with van der Waals surface area (Å²) in [5.41, 5.74) is 4.05. The van der Waals surface area contributed by atoms with Crippen LogP contribution >= 0.6 is 0 Å². The van der Waals surface area contributed by atoms with Gasteiger partial charge < -0.3 is 9.64 Å².